The summed E-state index contributed by atoms with van der Waals surface area (Å²) in [5.74, 6) is -1.12. The average Bonchev–Trinajstić information content (AvgIpc) is 2.26. The van der Waals surface area contributed by atoms with Gasteiger partial charge in [0.05, 0.1) is 12.6 Å². The Bertz CT molecular complexity index is 234. The molecule has 2 amide bonds. The Kier molecular flexibility index (Phi) is 7.23. The van der Waals surface area contributed by atoms with Gasteiger partial charge in [-0.2, -0.15) is 0 Å². The average molecular weight is 234 g/mol. The number of nitrogens with one attached hydrogen (secondary N) is 2. The second-order valence-electron chi connectivity index (χ2n) is 3.20. The van der Waals surface area contributed by atoms with E-state index in [1.807, 2.05) is 0 Å². The van der Waals surface area contributed by atoms with E-state index in [-0.39, 0.29) is 12.6 Å². The molecule has 0 bridgehead atoms. The highest BCUT2D eigenvalue weighted by atomic mass is 16.5. The molecule has 0 aliphatic carbocycles. The van der Waals surface area contributed by atoms with Crippen LogP contribution in [0.15, 0.2) is 0 Å². The third-order valence-corrected chi connectivity index (χ3v) is 1.96. The van der Waals surface area contributed by atoms with Gasteiger partial charge in [-0.1, -0.05) is 0 Å². The van der Waals surface area contributed by atoms with Crippen LogP contribution < -0.4 is 10.6 Å². The number of urea groups is 1. The van der Waals surface area contributed by atoms with E-state index in [2.05, 4.69) is 15.4 Å². The number of carboxylic acid groups (broad SMARTS) is 1. The molecule has 2 atom stereocenters. The molecule has 0 saturated carbocycles. The highest BCUT2D eigenvalue weighted by molar-refractivity contribution is 5.76. The molecule has 0 aromatic rings. The van der Waals surface area contributed by atoms with Gasteiger partial charge in [0.1, 0.15) is 0 Å². The standard InChI is InChI=1S/C9H18N2O5/c1-6(15-2)4-10-9(14)11-5-7(16-3)8(12)13/h6-7H,4-5H2,1-3H3,(H,12,13)(H2,10,11,14). The van der Waals surface area contributed by atoms with Crippen LogP contribution in [0.25, 0.3) is 0 Å². The second kappa shape index (κ2) is 7.89. The van der Waals surface area contributed by atoms with E-state index in [0.29, 0.717) is 6.54 Å². The third kappa shape index (κ3) is 6.20. The minimum absolute atomic E-state index is 0.0843. The van der Waals surface area contributed by atoms with Crippen LogP contribution in [0.1, 0.15) is 6.92 Å². The highest BCUT2D eigenvalue weighted by Gasteiger charge is 2.16. The summed E-state index contributed by atoms with van der Waals surface area (Å²) in [5, 5.41) is 13.5. The molecule has 0 fully saturated rings. The van der Waals surface area contributed by atoms with Crippen LogP contribution >= 0.6 is 0 Å². The lowest BCUT2D eigenvalue weighted by atomic mass is 10.3. The van der Waals surface area contributed by atoms with Crippen LogP contribution in [0.2, 0.25) is 0 Å². The molecule has 7 heteroatoms. The molecular formula is C9H18N2O5. The third-order valence-electron chi connectivity index (χ3n) is 1.96. The Morgan fingerprint density at radius 3 is 2.19 bits per heavy atom. The van der Waals surface area contributed by atoms with Gasteiger partial charge in [0.2, 0.25) is 0 Å². The minimum atomic E-state index is -1.12. The summed E-state index contributed by atoms with van der Waals surface area (Å²) in [6, 6.07) is -0.452. The maximum Gasteiger partial charge on any atom is 0.334 e. The van der Waals surface area contributed by atoms with Crippen LogP contribution in [-0.2, 0) is 14.3 Å². The molecule has 2 unspecified atom stereocenters. The van der Waals surface area contributed by atoms with E-state index in [9.17, 15) is 9.59 Å². The van der Waals surface area contributed by atoms with Crippen LogP contribution in [0, 0.1) is 0 Å². The number of carboxylic acids is 1. The molecule has 0 aromatic heterocycles. The summed E-state index contributed by atoms with van der Waals surface area (Å²) in [4.78, 5) is 21.7. The molecule has 7 nitrogen and oxygen atoms in total. The predicted molar refractivity (Wildman–Crippen MR) is 56.3 cm³/mol. The number of amides is 2. The Hall–Kier alpha value is -1.34. The van der Waals surface area contributed by atoms with Crippen molar-refractivity contribution in [1.82, 2.24) is 10.6 Å². The lowest BCUT2D eigenvalue weighted by molar-refractivity contribution is -0.147. The number of ether oxygens (including phenoxy) is 2. The SMILES string of the molecule is COC(C)CNC(=O)NCC(OC)C(=O)O. The van der Waals surface area contributed by atoms with Gasteiger partial charge in [-0.3, -0.25) is 0 Å². The first-order valence-corrected chi connectivity index (χ1v) is 4.81. The van der Waals surface area contributed by atoms with E-state index in [0.717, 1.165) is 0 Å². The molecule has 0 rings (SSSR count). The fourth-order valence-corrected chi connectivity index (χ4v) is 0.839. The quantitative estimate of drug-likeness (QED) is 0.547. The van der Waals surface area contributed by atoms with Crippen molar-refractivity contribution in [2.45, 2.75) is 19.1 Å². The van der Waals surface area contributed by atoms with Gasteiger partial charge in [0.15, 0.2) is 6.10 Å². The van der Waals surface area contributed by atoms with Crippen molar-refractivity contribution in [3.05, 3.63) is 0 Å². The van der Waals surface area contributed by atoms with Crippen molar-refractivity contribution in [2.24, 2.45) is 0 Å². The predicted octanol–water partition coefficient (Wildman–Crippen LogP) is -0.580. The summed E-state index contributed by atoms with van der Waals surface area (Å²) in [6.45, 7) is 2.07. The summed E-state index contributed by atoms with van der Waals surface area (Å²) < 4.78 is 9.57. The van der Waals surface area contributed by atoms with Gasteiger partial charge in [-0.15, -0.1) is 0 Å². The van der Waals surface area contributed by atoms with Crippen LogP contribution in [0.3, 0.4) is 0 Å². The van der Waals surface area contributed by atoms with E-state index in [1.165, 1.54) is 14.2 Å². The van der Waals surface area contributed by atoms with E-state index >= 15 is 0 Å². The van der Waals surface area contributed by atoms with Crippen molar-refractivity contribution in [2.75, 3.05) is 27.3 Å². The number of aliphatic carboxylic acids is 1. The molecule has 0 aromatic carbocycles. The van der Waals surface area contributed by atoms with Gasteiger partial charge >= 0.3 is 12.0 Å². The number of hydrogen-bond acceptors (Lipinski definition) is 4. The maximum atomic E-state index is 11.2. The topological polar surface area (TPSA) is 96.9 Å². The molecule has 0 spiro atoms. The molecule has 16 heavy (non-hydrogen) atoms. The Labute approximate surface area is 94.1 Å². The Morgan fingerprint density at radius 2 is 1.75 bits per heavy atom. The van der Waals surface area contributed by atoms with Crippen LogP contribution in [-0.4, -0.2) is 56.6 Å². The largest absolute Gasteiger partial charge is 0.479 e. The molecule has 0 radical (unpaired) electrons. The molecule has 0 saturated heterocycles. The number of carbonyl (C=O) groups is 2. The minimum Gasteiger partial charge on any atom is -0.479 e. The zero-order chi connectivity index (χ0) is 12.6. The molecule has 94 valence electrons. The van der Waals surface area contributed by atoms with Gasteiger partial charge in [-0.25, -0.2) is 9.59 Å². The van der Waals surface area contributed by atoms with E-state index in [4.69, 9.17) is 9.84 Å². The van der Waals surface area contributed by atoms with E-state index < -0.39 is 18.1 Å². The smallest absolute Gasteiger partial charge is 0.334 e. The normalized spacial score (nSPS) is 13.9. The zero-order valence-corrected chi connectivity index (χ0v) is 9.65. The lowest BCUT2D eigenvalue weighted by Crippen LogP contribution is -2.44. The first-order valence-electron chi connectivity index (χ1n) is 4.81. The van der Waals surface area contributed by atoms with Gasteiger partial charge < -0.3 is 25.2 Å². The number of carbonyl (C=O) groups excluding carboxylic acids is 1. The van der Waals surface area contributed by atoms with Crippen LogP contribution in [0.5, 0.6) is 0 Å². The summed E-state index contributed by atoms with van der Waals surface area (Å²) >= 11 is 0. The molecule has 0 aliphatic rings. The molecule has 3 N–H and O–H groups in total. The highest BCUT2D eigenvalue weighted by Crippen LogP contribution is 1.88. The first-order chi connectivity index (χ1) is 7.51. The zero-order valence-electron chi connectivity index (χ0n) is 9.65. The summed E-state index contributed by atoms with van der Waals surface area (Å²) in [7, 11) is 2.81. The molecule has 0 heterocycles. The summed E-state index contributed by atoms with van der Waals surface area (Å²) in [6.07, 6.45) is -1.13. The molecule has 0 aliphatic heterocycles. The van der Waals surface area contributed by atoms with Crippen molar-refractivity contribution in [1.29, 1.82) is 0 Å². The van der Waals surface area contributed by atoms with Gasteiger partial charge in [0, 0.05) is 20.8 Å². The van der Waals surface area contributed by atoms with Crippen molar-refractivity contribution in [3.8, 4) is 0 Å². The first kappa shape index (κ1) is 14.7. The maximum absolute atomic E-state index is 11.2. The lowest BCUT2D eigenvalue weighted by Gasteiger charge is -2.14. The fourth-order valence-electron chi connectivity index (χ4n) is 0.839. The summed E-state index contributed by atoms with van der Waals surface area (Å²) in [5.41, 5.74) is 0. The van der Waals surface area contributed by atoms with Gasteiger partial charge in [-0.05, 0) is 6.92 Å². The van der Waals surface area contributed by atoms with Gasteiger partial charge in [0.25, 0.3) is 0 Å². The fraction of sp³-hybridized carbons (Fsp3) is 0.778. The Morgan fingerprint density at radius 1 is 1.19 bits per heavy atom. The number of methoxy groups -OCH3 is 2. The second-order valence-corrected chi connectivity index (χ2v) is 3.20. The van der Waals surface area contributed by atoms with Crippen molar-refractivity contribution in [3.63, 3.8) is 0 Å². The Balaban J connectivity index is 3.76. The van der Waals surface area contributed by atoms with Crippen LogP contribution in [0.4, 0.5) is 4.79 Å². The monoisotopic (exact) mass is 234 g/mol. The number of rotatable bonds is 7. The van der Waals surface area contributed by atoms with Crippen molar-refractivity contribution < 1.29 is 24.2 Å². The molecular weight excluding hydrogens is 216 g/mol. The number of hydrogen-bond donors (Lipinski definition) is 3. The van der Waals surface area contributed by atoms with E-state index in [1.54, 1.807) is 6.92 Å². The van der Waals surface area contributed by atoms with Crippen molar-refractivity contribution >= 4 is 12.0 Å².